The molecule has 0 amide bonds. The number of imidazole rings is 1. The van der Waals surface area contributed by atoms with Gasteiger partial charge in [0, 0.05) is 50.5 Å². The van der Waals surface area contributed by atoms with E-state index in [2.05, 4.69) is 42.6 Å². The molecule has 4 heterocycles. The third kappa shape index (κ3) is 4.81. The lowest BCUT2D eigenvalue weighted by Gasteiger charge is -2.31. The van der Waals surface area contributed by atoms with Gasteiger partial charge < -0.3 is 24.2 Å². The third-order valence-electron chi connectivity index (χ3n) is 4.85. The van der Waals surface area contributed by atoms with Crippen molar-refractivity contribution in [2.75, 3.05) is 51.3 Å². The summed E-state index contributed by atoms with van der Waals surface area (Å²) in [7, 11) is 2.18. The van der Waals surface area contributed by atoms with E-state index < -0.39 is 0 Å². The maximum Gasteiger partial charge on any atom is 0.290 e. The number of ether oxygens (including phenoxy) is 1. The lowest BCUT2D eigenvalue weighted by atomic mass is 10.1. The zero-order valence-corrected chi connectivity index (χ0v) is 15.6. The van der Waals surface area contributed by atoms with Crippen LogP contribution in [0.3, 0.4) is 0 Å². The summed E-state index contributed by atoms with van der Waals surface area (Å²) < 4.78 is 7.66. The normalized spacial score (nSPS) is 20.6. The van der Waals surface area contributed by atoms with Crippen molar-refractivity contribution >= 4 is 12.4 Å². The zero-order chi connectivity index (χ0) is 19.1. The Balaban J connectivity index is 0.000000659. The van der Waals surface area contributed by atoms with Crippen LogP contribution >= 0.6 is 0 Å². The van der Waals surface area contributed by atoms with E-state index in [-0.39, 0.29) is 6.47 Å². The highest BCUT2D eigenvalue weighted by molar-refractivity contribution is 5.54. The molecule has 2 aliphatic rings. The van der Waals surface area contributed by atoms with Crippen LogP contribution in [0.15, 0.2) is 24.8 Å². The van der Waals surface area contributed by atoms with Crippen LogP contribution in [0.2, 0.25) is 0 Å². The Morgan fingerprint density at radius 1 is 1.19 bits per heavy atom. The van der Waals surface area contributed by atoms with Gasteiger partial charge in [-0.3, -0.25) is 4.79 Å². The SMILES string of the molecule is CN1CCCC(n2ccnc2-c2cnc(N3CCOCC3)nc2)C1.O=CO. The number of likely N-dealkylation sites (N-methyl/N-ethyl adjacent to an activating group) is 1. The minimum atomic E-state index is -0.250. The summed E-state index contributed by atoms with van der Waals surface area (Å²) in [6.45, 7) is 5.17. The van der Waals surface area contributed by atoms with Gasteiger partial charge >= 0.3 is 0 Å². The molecule has 2 aliphatic heterocycles. The fourth-order valence-corrected chi connectivity index (χ4v) is 3.56. The van der Waals surface area contributed by atoms with Gasteiger partial charge in [-0.25, -0.2) is 15.0 Å². The molecule has 27 heavy (non-hydrogen) atoms. The van der Waals surface area contributed by atoms with Crippen molar-refractivity contribution in [2.24, 2.45) is 0 Å². The van der Waals surface area contributed by atoms with Crippen LogP contribution in [0.5, 0.6) is 0 Å². The van der Waals surface area contributed by atoms with Crippen molar-refractivity contribution in [1.82, 2.24) is 24.4 Å². The molecular weight excluding hydrogens is 348 g/mol. The van der Waals surface area contributed by atoms with Gasteiger partial charge in [-0.1, -0.05) is 0 Å². The van der Waals surface area contributed by atoms with Crippen LogP contribution in [0.1, 0.15) is 18.9 Å². The number of rotatable bonds is 3. The molecule has 9 heteroatoms. The highest BCUT2D eigenvalue weighted by Crippen LogP contribution is 2.26. The van der Waals surface area contributed by atoms with Crippen LogP contribution in [-0.4, -0.2) is 82.4 Å². The van der Waals surface area contributed by atoms with Crippen LogP contribution < -0.4 is 4.90 Å². The minimum Gasteiger partial charge on any atom is -0.483 e. The van der Waals surface area contributed by atoms with Gasteiger partial charge in [0.05, 0.1) is 18.8 Å². The molecule has 0 aliphatic carbocycles. The molecule has 146 valence electrons. The molecule has 4 rings (SSSR count). The smallest absolute Gasteiger partial charge is 0.290 e. The summed E-state index contributed by atoms with van der Waals surface area (Å²) >= 11 is 0. The largest absolute Gasteiger partial charge is 0.483 e. The molecule has 0 spiro atoms. The second kappa shape index (κ2) is 9.43. The number of hydrogen-bond acceptors (Lipinski definition) is 7. The Morgan fingerprint density at radius 3 is 2.56 bits per heavy atom. The van der Waals surface area contributed by atoms with E-state index in [1.54, 1.807) is 0 Å². The highest BCUT2D eigenvalue weighted by atomic mass is 16.5. The number of carbonyl (C=O) groups is 1. The molecule has 0 aromatic carbocycles. The number of nitrogens with zero attached hydrogens (tertiary/aromatic N) is 6. The van der Waals surface area contributed by atoms with Crippen LogP contribution in [-0.2, 0) is 9.53 Å². The fourth-order valence-electron chi connectivity index (χ4n) is 3.56. The van der Waals surface area contributed by atoms with Crippen molar-refractivity contribution < 1.29 is 14.6 Å². The standard InChI is InChI=1S/C17H24N6O.CH2O2/c1-21-5-2-3-15(13-21)23-6-4-18-16(23)14-11-19-17(20-12-14)22-7-9-24-10-8-22;2-1-3/h4,6,11-12,15H,2-3,5,7-10,13H2,1H3;1H,(H,2,3). The molecule has 2 fully saturated rings. The number of anilines is 1. The van der Waals surface area contributed by atoms with Crippen molar-refractivity contribution in [3.8, 4) is 11.4 Å². The van der Waals surface area contributed by atoms with Gasteiger partial charge in [-0.2, -0.15) is 0 Å². The molecule has 2 saturated heterocycles. The molecule has 1 N–H and O–H groups in total. The second-order valence-corrected chi connectivity index (χ2v) is 6.69. The maximum atomic E-state index is 8.36. The fraction of sp³-hybridized carbons (Fsp3) is 0.556. The van der Waals surface area contributed by atoms with Crippen molar-refractivity contribution in [3.63, 3.8) is 0 Å². The van der Waals surface area contributed by atoms with E-state index >= 15 is 0 Å². The molecule has 1 unspecified atom stereocenters. The first-order valence-electron chi connectivity index (χ1n) is 9.17. The summed E-state index contributed by atoms with van der Waals surface area (Å²) in [5.41, 5.74) is 0.977. The van der Waals surface area contributed by atoms with Gasteiger partial charge in [0.1, 0.15) is 5.82 Å². The summed E-state index contributed by atoms with van der Waals surface area (Å²) in [6.07, 6.45) is 10.2. The maximum absolute atomic E-state index is 8.36. The van der Waals surface area contributed by atoms with Crippen molar-refractivity contribution in [2.45, 2.75) is 18.9 Å². The van der Waals surface area contributed by atoms with Crippen LogP contribution in [0.4, 0.5) is 5.95 Å². The molecule has 0 bridgehead atoms. The van der Waals surface area contributed by atoms with Gasteiger partial charge in [0.25, 0.3) is 6.47 Å². The topological polar surface area (TPSA) is 96.6 Å². The monoisotopic (exact) mass is 374 g/mol. The second-order valence-electron chi connectivity index (χ2n) is 6.69. The van der Waals surface area contributed by atoms with E-state index in [9.17, 15) is 0 Å². The van der Waals surface area contributed by atoms with Crippen LogP contribution in [0, 0.1) is 0 Å². The molecule has 9 nitrogen and oxygen atoms in total. The van der Waals surface area contributed by atoms with Crippen molar-refractivity contribution in [1.29, 1.82) is 0 Å². The number of hydrogen-bond donors (Lipinski definition) is 1. The average Bonchev–Trinajstić information content (AvgIpc) is 3.19. The molecule has 2 aromatic heterocycles. The van der Waals surface area contributed by atoms with Gasteiger partial charge in [-0.05, 0) is 26.4 Å². The molecule has 0 saturated carbocycles. The lowest BCUT2D eigenvalue weighted by Crippen LogP contribution is -2.37. The van der Waals surface area contributed by atoms with E-state index in [4.69, 9.17) is 14.6 Å². The molecule has 0 radical (unpaired) electrons. The Hall–Kier alpha value is -2.52. The van der Waals surface area contributed by atoms with Crippen LogP contribution in [0.25, 0.3) is 11.4 Å². The number of morpholine rings is 1. The zero-order valence-electron chi connectivity index (χ0n) is 15.6. The van der Waals surface area contributed by atoms with Gasteiger partial charge in [-0.15, -0.1) is 0 Å². The first kappa shape index (κ1) is 19.2. The summed E-state index contributed by atoms with van der Waals surface area (Å²) in [6, 6.07) is 0.472. The van der Waals surface area contributed by atoms with Crippen molar-refractivity contribution in [3.05, 3.63) is 24.8 Å². The Kier molecular flexibility index (Phi) is 6.72. The Morgan fingerprint density at radius 2 is 1.89 bits per heavy atom. The Bertz CT molecular complexity index is 714. The predicted molar refractivity (Wildman–Crippen MR) is 101 cm³/mol. The van der Waals surface area contributed by atoms with E-state index in [1.165, 1.54) is 19.4 Å². The first-order chi connectivity index (χ1) is 13.2. The summed E-state index contributed by atoms with van der Waals surface area (Å²) in [5, 5.41) is 6.89. The third-order valence-corrected chi connectivity index (χ3v) is 4.85. The van der Waals surface area contributed by atoms with Gasteiger partial charge in [0.15, 0.2) is 0 Å². The number of likely N-dealkylation sites (tertiary alicyclic amines) is 1. The highest BCUT2D eigenvalue weighted by Gasteiger charge is 2.22. The Labute approximate surface area is 158 Å². The van der Waals surface area contributed by atoms with E-state index in [0.717, 1.165) is 50.2 Å². The van der Waals surface area contributed by atoms with E-state index in [0.29, 0.717) is 6.04 Å². The predicted octanol–water partition coefficient (Wildman–Crippen LogP) is 1.14. The molecular formula is C18H26N6O3. The van der Waals surface area contributed by atoms with E-state index in [1.807, 2.05) is 18.6 Å². The average molecular weight is 374 g/mol. The quantitative estimate of drug-likeness (QED) is 0.799. The number of piperidine rings is 1. The number of aromatic nitrogens is 4. The minimum absolute atomic E-state index is 0.250. The molecule has 1 atom stereocenters. The lowest BCUT2D eigenvalue weighted by molar-refractivity contribution is -0.122. The summed E-state index contributed by atoms with van der Waals surface area (Å²) in [5.74, 6) is 1.74. The summed E-state index contributed by atoms with van der Waals surface area (Å²) in [4.78, 5) is 26.6. The number of carboxylic acid groups (broad SMARTS) is 1. The molecule has 2 aromatic rings. The first-order valence-corrected chi connectivity index (χ1v) is 9.17. The van der Waals surface area contributed by atoms with Gasteiger partial charge in [0.2, 0.25) is 5.95 Å².